The minimum absolute atomic E-state index is 0.0190. The summed E-state index contributed by atoms with van der Waals surface area (Å²) in [5.41, 5.74) is 0.943. The van der Waals surface area contributed by atoms with Gasteiger partial charge in [-0.15, -0.1) is 11.8 Å². The molecule has 0 spiro atoms. The zero-order valence-corrected chi connectivity index (χ0v) is 19.3. The van der Waals surface area contributed by atoms with Gasteiger partial charge in [0, 0.05) is 24.7 Å². The third kappa shape index (κ3) is 5.47. The maximum absolute atomic E-state index is 12.4. The number of ether oxygens (including phenoxy) is 1. The van der Waals surface area contributed by atoms with Crippen LogP contribution in [0.4, 0.5) is 11.4 Å². The van der Waals surface area contributed by atoms with Crippen molar-refractivity contribution < 1.29 is 27.5 Å². The topological polar surface area (TPSA) is 122 Å². The summed E-state index contributed by atoms with van der Waals surface area (Å²) in [7, 11) is -0.844. The third-order valence-corrected chi connectivity index (χ3v) is 7.70. The number of carbonyl (C=O) groups is 3. The summed E-state index contributed by atoms with van der Waals surface area (Å²) in [6, 6.07) is 13.0. The monoisotopic (exact) mass is 477 g/mol. The number of amides is 2. The standard InChI is InChI=1S/C21H23N3O6S2/c1-13(20(26)22-14-7-6-8-15(11-14)32(28,29)24(2)3)30-19(25)12-18-21(27)23-16-9-4-5-10-17(16)31-18/h4-11,13,18H,12H2,1-3H3,(H,22,26)(H,23,27). The lowest BCUT2D eigenvalue weighted by molar-refractivity contribution is -0.153. The van der Waals surface area contributed by atoms with Crippen molar-refractivity contribution in [3.63, 3.8) is 0 Å². The van der Waals surface area contributed by atoms with Gasteiger partial charge in [-0.1, -0.05) is 18.2 Å². The molecule has 2 atom stereocenters. The van der Waals surface area contributed by atoms with Gasteiger partial charge in [0.2, 0.25) is 15.9 Å². The van der Waals surface area contributed by atoms with Crippen LogP contribution < -0.4 is 10.6 Å². The number of hydrogen-bond donors (Lipinski definition) is 2. The first-order valence-electron chi connectivity index (χ1n) is 9.67. The minimum Gasteiger partial charge on any atom is -0.452 e. The summed E-state index contributed by atoms with van der Waals surface area (Å²) in [5.74, 6) is -1.62. The molecule has 9 nitrogen and oxygen atoms in total. The van der Waals surface area contributed by atoms with Crippen molar-refractivity contribution in [3.8, 4) is 0 Å². The van der Waals surface area contributed by atoms with E-state index < -0.39 is 33.3 Å². The van der Waals surface area contributed by atoms with Crippen LogP contribution in [0.1, 0.15) is 13.3 Å². The van der Waals surface area contributed by atoms with Crippen molar-refractivity contribution in [2.45, 2.75) is 34.5 Å². The number of esters is 1. The molecule has 0 saturated carbocycles. The number of thioether (sulfide) groups is 1. The van der Waals surface area contributed by atoms with Gasteiger partial charge in [0.05, 0.1) is 22.3 Å². The number of nitrogens with zero attached hydrogens (tertiary/aromatic N) is 1. The Bertz CT molecular complexity index is 1150. The Kier molecular flexibility index (Phi) is 7.22. The number of fused-ring (bicyclic) bond motifs is 1. The van der Waals surface area contributed by atoms with Gasteiger partial charge in [-0.25, -0.2) is 12.7 Å². The van der Waals surface area contributed by atoms with Crippen LogP contribution in [0.2, 0.25) is 0 Å². The minimum atomic E-state index is -3.66. The van der Waals surface area contributed by atoms with E-state index in [0.717, 1.165) is 9.20 Å². The predicted molar refractivity (Wildman–Crippen MR) is 121 cm³/mol. The van der Waals surface area contributed by atoms with Gasteiger partial charge in [0.15, 0.2) is 6.10 Å². The molecule has 3 rings (SSSR count). The van der Waals surface area contributed by atoms with Gasteiger partial charge in [-0.05, 0) is 37.3 Å². The predicted octanol–water partition coefficient (Wildman–Crippen LogP) is 2.31. The van der Waals surface area contributed by atoms with Crippen molar-refractivity contribution in [3.05, 3.63) is 48.5 Å². The van der Waals surface area contributed by atoms with E-state index in [9.17, 15) is 22.8 Å². The van der Waals surface area contributed by atoms with E-state index in [1.807, 2.05) is 12.1 Å². The van der Waals surface area contributed by atoms with Crippen LogP contribution in [-0.4, -0.2) is 56.0 Å². The quantitative estimate of drug-likeness (QED) is 0.587. The van der Waals surface area contributed by atoms with E-state index in [2.05, 4.69) is 10.6 Å². The molecule has 1 aliphatic rings. The highest BCUT2D eigenvalue weighted by molar-refractivity contribution is 8.01. The largest absolute Gasteiger partial charge is 0.452 e. The Morgan fingerprint density at radius 1 is 1.19 bits per heavy atom. The Balaban J connectivity index is 1.58. The van der Waals surface area contributed by atoms with Crippen LogP contribution in [0, 0.1) is 0 Å². The second-order valence-corrected chi connectivity index (χ2v) is 10.6. The highest BCUT2D eigenvalue weighted by Crippen LogP contribution is 2.36. The molecule has 0 radical (unpaired) electrons. The Labute approximate surface area is 190 Å². The van der Waals surface area contributed by atoms with Crippen molar-refractivity contribution in [1.82, 2.24) is 4.31 Å². The summed E-state index contributed by atoms with van der Waals surface area (Å²) in [5, 5.41) is 4.62. The van der Waals surface area contributed by atoms with E-state index in [1.54, 1.807) is 12.1 Å². The average Bonchev–Trinajstić information content (AvgIpc) is 2.74. The first-order valence-corrected chi connectivity index (χ1v) is 12.0. The molecule has 32 heavy (non-hydrogen) atoms. The van der Waals surface area contributed by atoms with Crippen LogP contribution in [0.25, 0.3) is 0 Å². The van der Waals surface area contributed by atoms with Crippen LogP contribution in [0.3, 0.4) is 0 Å². The van der Waals surface area contributed by atoms with Gasteiger partial charge in [-0.2, -0.15) is 0 Å². The molecule has 2 amide bonds. The maximum atomic E-state index is 12.4. The summed E-state index contributed by atoms with van der Waals surface area (Å²) >= 11 is 1.26. The average molecular weight is 478 g/mol. The number of sulfonamides is 1. The van der Waals surface area contributed by atoms with Gasteiger partial charge in [-0.3, -0.25) is 14.4 Å². The first kappa shape index (κ1) is 23.8. The van der Waals surface area contributed by atoms with Gasteiger partial charge >= 0.3 is 5.97 Å². The van der Waals surface area contributed by atoms with Crippen LogP contribution in [0.15, 0.2) is 58.3 Å². The number of rotatable bonds is 7. The lowest BCUT2D eigenvalue weighted by Gasteiger charge is -2.23. The van der Waals surface area contributed by atoms with E-state index in [1.165, 1.54) is 57.0 Å². The molecule has 0 aromatic heterocycles. The second kappa shape index (κ2) is 9.72. The van der Waals surface area contributed by atoms with E-state index >= 15 is 0 Å². The van der Waals surface area contributed by atoms with Gasteiger partial charge in [0.25, 0.3) is 5.91 Å². The molecular weight excluding hydrogens is 454 g/mol. The van der Waals surface area contributed by atoms with Gasteiger partial charge in [0.1, 0.15) is 0 Å². The number of nitrogens with one attached hydrogen (secondary N) is 2. The second-order valence-electron chi connectivity index (χ2n) is 7.23. The molecule has 1 aliphatic heterocycles. The zero-order valence-electron chi connectivity index (χ0n) is 17.7. The zero-order chi connectivity index (χ0) is 23.5. The van der Waals surface area contributed by atoms with Crippen LogP contribution in [-0.2, 0) is 29.1 Å². The smallest absolute Gasteiger partial charge is 0.308 e. The van der Waals surface area contributed by atoms with Crippen molar-refractivity contribution in [2.75, 3.05) is 24.7 Å². The molecular formula is C21H23N3O6S2. The molecule has 0 bridgehead atoms. The molecule has 1 heterocycles. The van der Waals surface area contributed by atoms with Crippen LogP contribution >= 0.6 is 11.8 Å². The molecule has 2 unspecified atom stereocenters. The number of hydrogen-bond acceptors (Lipinski definition) is 7. The molecule has 2 N–H and O–H groups in total. The van der Waals surface area contributed by atoms with Crippen molar-refractivity contribution in [1.29, 1.82) is 0 Å². The number of anilines is 2. The summed E-state index contributed by atoms with van der Waals surface area (Å²) in [6.07, 6.45) is -1.33. The molecule has 0 aliphatic carbocycles. The first-order chi connectivity index (χ1) is 15.1. The molecule has 170 valence electrons. The maximum Gasteiger partial charge on any atom is 0.308 e. The number of benzene rings is 2. The van der Waals surface area contributed by atoms with E-state index in [-0.39, 0.29) is 22.9 Å². The van der Waals surface area contributed by atoms with E-state index in [4.69, 9.17) is 4.74 Å². The molecule has 2 aromatic carbocycles. The highest BCUT2D eigenvalue weighted by Gasteiger charge is 2.30. The fourth-order valence-electron chi connectivity index (χ4n) is 2.87. The summed E-state index contributed by atoms with van der Waals surface area (Å²) in [4.78, 5) is 37.9. The number of carbonyl (C=O) groups excluding carboxylic acids is 3. The Morgan fingerprint density at radius 3 is 2.62 bits per heavy atom. The Hall–Kier alpha value is -2.89. The Morgan fingerprint density at radius 2 is 1.91 bits per heavy atom. The van der Waals surface area contributed by atoms with Crippen molar-refractivity contribution in [2.24, 2.45) is 0 Å². The lowest BCUT2D eigenvalue weighted by Crippen LogP contribution is -2.34. The number of para-hydroxylation sites is 1. The fourth-order valence-corrected chi connectivity index (χ4v) is 4.91. The molecule has 0 fully saturated rings. The van der Waals surface area contributed by atoms with Gasteiger partial charge < -0.3 is 15.4 Å². The summed E-state index contributed by atoms with van der Waals surface area (Å²) < 4.78 is 30.8. The lowest BCUT2D eigenvalue weighted by atomic mass is 10.2. The van der Waals surface area contributed by atoms with Crippen molar-refractivity contribution >= 4 is 50.9 Å². The molecule has 11 heteroatoms. The van der Waals surface area contributed by atoms with E-state index in [0.29, 0.717) is 5.69 Å². The summed E-state index contributed by atoms with van der Waals surface area (Å²) in [6.45, 7) is 1.40. The molecule has 2 aromatic rings. The molecule has 0 saturated heterocycles. The normalized spacial score (nSPS) is 16.6. The highest BCUT2D eigenvalue weighted by atomic mass is 32.2. The SMILES string of the molecule is CC(OC(=O)CC1Sc2ccccc2NC1=O)C(=O)Nc1cccc(S(=O)(=O)N(C)C)c1. The van der Waals surface area contributed by atoms with Crippen LogP contribution in [0.5, 0.6) is 0 Å². The third-order valence-electron chi connectivity index (χ3n) is 4.62. The fraction of sp³-hybridized carbons (Fsp3) is 0.286.